The number of hydrogen-bond donors (Lipinski definition) is 14. The van der Waals surface area contributed by atoms with Gasteiger partial charge in [-0.3, -0.25) is 24.0 Å². The molecule has 0 saturated heterocycles. The molecule has 7 atom stereocenters. The molecule has 22 N–H and O–H groups in total. The third kappa shape index (κ3) is 28.3. The molecule has 0 spiro atoms. The standard InChI is InChI=1S/C27H31N5O.C23H27N3O.C22H24FN3O.2C21H27N5O.CH4/c1-19-9-11-21(12-10-19)22-13-14-25-24(16-22)31-26(27(33)30-17-23(29)8-5-15-28)32(25)18-20-6-3-2-4-7-20;1-15-2-6-18(7-3-15)19-8-9-20-12-22(26-21(20)11-19)23(27)25-14-17-5-4-16(10-17)13-24;23-19-7-5-16(6-8-19)17-3-4-18-11-21(26-20(18)10-17)22(27)25-13-15-2-1-14(9-15)12-24;1-14-5-7-15(8-6-14)16-9-10-19-18(12-16)25-20(26(19)2)21(27)24-13-17(23)4-3-11-22;1-14-5-7-15(8-6-14)16-9-10-18-19(12-16)26(2)20(25-18)21(27)24-13-17(23)4-3-11-22;/h2-4,6-7,9-14,16,23H,5,8,15,17-18,28-29H2,1H3,(H,30,33);2-3,6-9,11,16-17H,4-5,10,12-14,24H2,1H3,(H,25,27);3-8,10,14-15H,1-2,9,11-13,24H2,(H,25,27);2*5-10,12,17H,3-4,11,13,22-23H2,1-2H3,(H,24,27);1H4/p+1/t23-;16-,17-;14-,15+;2*17-;/m00111./s1. The van der Waals surface area contributed by atoms with E-state index in [1.165, 1.54) is 46.4 Å². The number of nitrogens with one attached hydrogen (secondary N) is 6. The molecule has 0 unspecified atom stereocenters. The maximum Gasteiger partial charge on any atom is 0.346 e. The molecule has 26 nitrogen and oxygen atoms in total. The Balaban J connectivity index is 0.000000149. The molecule has 18 rings (SSSR count). The topological polar surface area (TPSA) is 434 Å². The highest BCUT2D eigenvalue weighted by atomic mass is 19.1. The van der Waals surface area contributed by atoms with Gasteiger partial charge in [0.15, 0.2) is 22.7 Å². The molecule has 142 heavy (non-hydrogen) atoms. The van der Waals surface area contributed by atoms with Gasteiger partial charge in [-0.1, -0.05) is 206 Å². The number of benzene rings is 11. The Kier molecular flexibility index (Phi) is 37.9. The van der Waals surface area contributed by atoms with Gasteiger partial charge in [0, 0.05) is 77.3 Å². The number of carbonyl (C=O) groups is 5. The molecular formula is C115H141FN21O5+. The van der Waals surface area contributed by atoms with Gasteiger partial charge in [0.2, 0.25) is 0 Å². The fourth-order valence-corrected chi connectivity index (χ4v) is 18.4. The van der Waals surface area contributed by atoms with Crippen molar-refractivity contribution in [1.82, 2.24) is 50.7 Å². The zero-order valence-corrected chi connectivity index (χ0v) is 82.0. The number of aromatic nitrogens is 6. The van der Waals surface area contributed by atoms with Crippen LogP contribution in [0.5, 0.6) is 0 Å². The van der Waals surface area contributed by atoms with Crippen molar-refractivity contribution in [3.05, 3.63) is 305 Å². The molecule has 2 fully saturated rings. The van der Waals surface area contributed by atoms with E-state index in [9.17, 15) is 28.4 Å². The maximum absolute atomic E-state index is 13.1. The van der Waals surface area contributed by atoms with Crippen molar-refractivity contribution in [1.29, 1.82) is 0 Å². The van der Waals surface area contributed by atoms with Crippen LogP contribution in [-0.4, -0.2) is 149 Å². The summed E-state index contributed by atoms with van der Waals surface area (Å²) in [7, 11) is 3.74. The summed E-state index contributed by atoms with van der Waals surface area (Å²) in [6.07, 6.45) is 13.0. The molecule has 14 aromatic rings. The van der Waals surface area contributed by atoms with Crippen molar-refractivity contribution in [2.24, 2.45) is 93.6 Å². The van der Waals surface area contributed by atoms with Gasteiger partial charge < -0.3 is 81.6 Å². The summed E-state index contributed by atoms with van der Waals surface area (Å²) in [6.45, 7) is 14.8. The van der Waals surface area contributed by atoms with Crippen molar-refractivity contribution >= 4 is 85.4 Å². The molecule has 11 aromatic carbocycles. The highest BCUT2D eigenvalue weighted by molar-refractivity contribution is 6.41. The normalized spacial score (nSPS) is 15.5. The van der Waals surface area contributed by atoms with Crippen molar-refractivity contribution in [2.45, 2.75) is 150 Å². The predicted molar refractivity (Wildman–Crippen MR) is 574 cm³/mol. The van der Waals surface area contributed by atoms with E-state index in [0.717, 1.165) is 201 Å². The van der Waals surface area contributed by atoms with Crippen LogP contribution in [0.3, 0.4) is 0 Å². The van der Waals surface area contributed by atoms with Crippen LogP contribution in [-0.2, 0) is 43.1 Å². The van der Waals surface area contributed by atoms with Crippen LogP contribution in [0.25, 0.3) is 88.7 Å². The molecule has 2 aliphatic carbocycles. The zero-order chi connectivity index (χ0) is 99.6. The number of rotatable bonds is 33. The van der Waals surface area contributed by atoms with Crippen LogP contribution < -0.4 is 77.0 Å². The Bertz CT molecular complexity index is 6500. The second-order valence-corrected chi connectivity index (χ2v) is 38.0. The Labute approximate surface area is 833 Å². The highest BCUT2D eigenvalue weighted by Crippen LogP contribution is 2.37. The van der Waals surface area contributed by atoms with E-state index in [-0.39, 0.29) is 60.9 Å². The Morgan fingerprint density at radius 3 is 1.22 bits per heavy atom. The fraction of sp³-hybridized carbons (Fsp3) is 0.339. The summed E-state index contributed by atoms with van der Waals surface area (Å²) in [5.41, 5.74) is 73.5. The molecular weight excluding hydrogens is 1770 g/mol. The molecule has 4 aliphatic rings. The van der Waals surface area contributed by atoms with E-state index in [2.05, 4.69) is 226 Å². The summed E-state index contributed by atoms with van der Waals surface area (Å²) < 4.78 is 18.8. The molecule has 0 bridgehead atoms. The van der Waals surface area contributed by atoms with Gasteiger partial charge in [0.05, 0.1) is 40.5 Å². The maximum atomic E-state index is 13.1. The second-order valence-electron chi connectivity index (χ2n) is 38.0. The molecule has 742 valence electrons. The van der Waals surface area contributed by atoms with Crippen LogP contribution >= 0.6 is 0 Å². The van der Waals surface area contributed by atoms with E-state index in [1.54, 1.807) is 12.1 Å². The number of imidazole rings is 3. The smallest absolute Gasteiger partial charge is 0.346 e. The number of aliphatic imine (C=N–C) groups is 2. The summed E-state index contributed by atoms with van der Waals surface area (Å²) >= 11 is 0. The van der Waals surface area contributed by atoms with Gasteiger partial charge in [-0.2, -0.15) is 0 Å². The van der Waals surface area contributed by atoms with Crippen LogP contribution in [0.15, 0.2) is 253 Å². The number of H-pyrrole nitrogens is 1. The van der Waals surface area contributed by atoms with Crippen molar-refractivity contribution in [3.63, 3.8) is 0 Å². The number of aryl methyl sites for hydroxylation is 6. The van der Waals surface area contributed by atoms with Crippen LogP contribution in [0, 0.1) is 57.2 Å². The molecule has 0 radical (unpaired) electrons. The third-order valence-electron chi connectivity index (χ3n) is 27.0. The van der Waals surface area contributed by atoms with Crippen LogP contribution in [0.4, 0.5) is 15.8 Å². The van der Waals surface area contributed by atoms with E-state index in [1.807, 2.05) is 94.5 Å². The molecule has 5 heterocycles. The first-order chi connectivity index (χ1) is 68.3. The summed E-state index contributed by atoms with van der Waals surface area (Å²) in [5.74, 6) is 2.64. The highest BCUT2D eigenvalue weighted by Gasteiger charge is 2.31. The second kappa shape index (κ2) is 51.0. The van der Waals surface area contributed by atoms with E-state index in [0.29, 0.717) is 118 Å². The number of nitrogens with two attached hydrogens (primary N) is 8. The van der Waals surface area contributed by atoms with Crippen molar-refractivity contribution < 1.29 is 32.9 Å². The Morgan fingerprint density at radius 1 is 0.423 bits per heavy atom. The monoisotopic (exact) mass is 1920 g/mol. The molecule has 27 heteroatoms. The zero-order valence-electron chi connectivity index (χ0n) is 82.0. The minimum Gasteiger partial charge on any atom is -0.351 e. The van der Waals surface area contributed by atoms with Crippen LogP contribution in [0.2, 0.25) is 0 Å². The third-order valence-corrected chi connectivity index (χ3v) is 27.0. The number of carbonyl (C=O) groups excluding carboxylic acids is 5. The van der Waals surface area contributed by atoms with E-state index < -0.39 is 0 Å². The average molecular weight is 1920 g/mol. The van der Waals surface area contributed by atoms with Gasteiger partial charge in [-0.15, -0.1) is 0 Å². The van der Waals surface area contributed by atoms with Crippen molar-refractivity contribution in [2.75, 3.05) is 65.4 Å². The summed E-state index contributed by atoms with van der Waals surface area (Å²) in [4.78, 5) is 84.9. The minimum absolute atomic E-state index is 0. The van der Waals surface area contributed by atoms with E-state index in [4.69, 9.17) is 50.9 Å². The first-order valence-electron chi connectivity index (χ1n) is 49.4. The molecule has 2 saturated carbocycles. The summed E-state index contributed by atoms with van der Waals surface area (Å²) in [5, 5.41) is 14.9. The first kappa shape index (κ1) is 105. The molecule has 5 amide bonds. The molecule has 3 aromatic heterocycles. The van der Waals surface area contributed by atoms with Gasteiger partial charge in [0.25, 0.3) is 23.6 Å². The van der Waals surface area contributed by atoms with Gasteiger partial charge in [0.1, 0.15) is 17.2 Å². The van der Waals surface area contributed by atoms with Gasteiger partial charge in [-0.05, 0) is 300 Å². The lowest BCUT2D eigenvalue weighted by atomic mass is 10.0. The van der Waals surface area contributed by atoms with Gasteiger partial charge in [-0.25, -0.2) is 33.9 Å². The predicted octanol–water partition coefficient (Wildman–Crippen LogP) is 16.0. The number of aromatic amines is 1. The number of halogens is 1. The Hall–Kier alpha value is -13.9. The minimum atomic E-state index is -0.253. The largest absolute Gasteiger partial charge is 0.351 e. The molecule has 2 aliphatic heterocycles. The lowest BCUT2D eigenvalue weighted by molar-refractivity contribution is -0.646. The fourth-order valence-electron chi connectivity index (χ4n) is 18.4. The lowest BCUT2D eigenvalue weighted by Crippen LogP contribution is -2.43. The number of amides is 5. The lowest BCUT2D eigenvalue weighted by Gasteiger charge is -2.13. The first-order valence-corrected chi connectivity index (χ1v) is 49.4. The number of fused-ring (bicyclic) bond motifs is 5. The van der Waals surface area contributed by atoms with Crippen LogP contribution in [0.1, 0.15) is 155 Å². The SMILES string of the molecule is C.Cc1ccc(-c2ccc3[nH]c(C(=O)NC[C@H](N)CCCN)[n+](C)c3c2)cc1.Cc1ccc(-c2ccc3c(c2)N=C(C(=O)NC[C@H]2CC[C@H](CN)C2)C3)cc1.Cc1ccc(-c2ccc3c(c2)nc(C(=O)NC[C@@H](N)CCCN)n3Cc2ccccc2)cc1.Cc1ccc(-c2ccc3c(c2)nc(C(=O)NC[C@H](N)CCCN)n3C)cc1.NC[C@@H]1CC[C@H](CNC(=O)C2=Nc3cc(-c4ccc(F)cc4)ccc3C2)C1. The van der Waals surface area contributed by atoms with Crippen molar-refractivity contribution in [3.8, 4) is 55.6 Å². The Morgan fingerprint density at radius 2 is 0.789 bits per heavy atom. The number of hydrogen-bond acceptors (Lipinski definition) is 17. The quantitative estimate of drug-likeness (QED) is 0.0170. The van der Waals surface area contributed by atoms with Gasteiger partial charge >= 0.3 is 11.7 Å². The average Bonchev–Trinajstić information content (AvgIpc) is 1.64. The number of nitrogens with zero attached hydrogens (tertiary/aromatic N) is 7. The van der Waals surface area contributed by atoms with E-state index >= 15 is 0 Å². The summed E-state index contributed by atoms with van der Waals surface area (Å²) in [6, 6.07) is 80.5.